The summed E-state index contributed by atoms with van der Waals surface area (Å²) >= 11 is 0. The van der Waals surface area contributed by atoms with Crippen LogP contribution in [0.15, 0.2) is 194 Å². The Hall–Kier alpha value is -7.17. The van der Waals surface area contributed by atoms with Crippen molar-refractivity contribution in [3.05, 3.63) is 194 Å². The van der Waals surface area contributed by atoms with E-state index in [-0.39, 0.29) is 40.6 Å². The highest BCUT2D eigenvalue weighted by Gasteiger charge is 2.16. The Morgan fingerprint density at radius 3 is 1.75 bits per heavy atom. The van der Waals surface area contributed by atoms with Crippen LogP contribution < -0.4 is 0 Å². The van der Waals surface area contributed by atoms with Crippen LogP contribution in [-0.4, -0.2) is 19.5 Å². The summed E-state index contributed by atoms with van der Waals surface area (Å²) in [5, 5.41) is 2.42. The minimum Gasteiger partial charge on any atom is -0.309 e. The highest BCUT2D eigenvalue weighted by atomic mass is 15.0. The van der Waals surface area contributed by atoms with Gasteiger partial charge in [-0.25, -0.2) is 15.0 Å². The molecule has 4 nitrogen and oxygen atoms in total. The second-order valence-corrected chi connectivity index (χ2v) is 12.7. The van der Waals surface area contributed by atoms with E-state index in [0.717, 1.165) is 38.6 Å². The Bertz CT molecular complexity index is 3440. The maximum atomic E-state index is 9.10. The van der Waals surface area contributed by atoms with Crippen LogP contribution in [0, 0.1) is 0 Å². The van der Waals surface area contributed by atoms with Crippen LogP contribution in [-0.2, 0) is 0 Å². The fourth-order valence-corrected chi connectivity index (χ4v) is 6.87. The fourth-order valence-electron chi connectivity index (χ4n) is 6.87. The van der Waals surface area contributed by atoms with Gasteiger partial charge < -0.3 is 4.57 Å². The van der Waals surface area contributed by atoms with Crippen molar-refractivity contribution in [1.82, 2.24) is 19.5 Å². The monoisotopic (exact) mass is 685 g/mol. The van der Waals surface area contributed by atoms with Crippen LogP contribution in [0.4, 0.5) is 0 Å². The number of rotatable bonds is 6. The first-order valence-corrected chi connectivity index (χ1v) is 17.1. The van der Waals surface area contributed by atoms with Gasteiger partial charge in [0.1, 0.15) is 0 Å². The van der Waals surface area contributed by atoms with Crippen LogP contribution in [0.2, 0.25) is 0 Å². The predicted octanol–water partition coefficient (Wildman–Crippen LogP) is 12.5. The van der Waals surface area contributed by atoms with Gasteiger partial charge in [-0.05, 0) is 75.5 Å². The van der Waals surface area contributed by atoms with Crippen LogP contribution in [0.25, 0.3) is 94.7 Å². The third-order valence-electron chi connectivity index (χ3n) is 9.42. The molecular formula is C49H32N4. The Morgan fingerprint density at radius 1 is 0.358 bits per heavy atom. The largest absolute Gasteiger partial charge is 0.309 e. The Kier molecular flexibility index (Phi) is 5.49. The number of nitrogens with zero attached hydrogens (tertiary/aromatic N) is 4. The minimum atomic E-state index is -0.504. The molecule has 0 saturated carbocycles. The van der Waals surface area contributed by atoms with E-state index in [1.165, 1.54) is 0 Å². The van der Waals surface area contributed by atoms with E-state index in [4.69, 9.17) is 27.3 Å². The van der Waals surface area contributed by atoms with Crippen LogP contribution in [0.3, 0.4) is 0 Å². The predicted molar refractivity (Wildman–Crippen MR) is 219 cm³/mol. The second kappa shape index (κ2) is 12.9. The van der Waals surface area contributed by atoms with Crippen LogP contribution in [0.5, 0.6) is 0 Å². The first-order chi connectivity index (χ1) is 30.0. The minimum absolute atomic E-state index is 0.00122. The van der Waals surface area contributed by atoms with Gasteiger partial charge in [0.15, 0.2) is 17.5 Å². The molecule has 0 bridgehead atoms. The number of hydrogen-bond donors (Lipinski definition) is 0. The number of aromatic nitrogens is 4. The normalized spacial score (nSPS) is 13.8. The molecule has 4 heteroatoms. The van der Waals surface area contributed by atoms with Gasteiger partial charge >= 0.3 is 0 Å². The van der Waals surface area contributed by atoms with Gasteiger partial charge in [0.2, 0.25) is 0 Å². The average Bonchev–Trinajstić information content (AvgIpc) is 3.66. The van der Waals surface area contributed by atoms with E-state index in [9.17, 15) is 0 Å². The molecule has 248 valence electrons. The van der Waals surface area contributed by atoms with E-state index in [0.29, 0.717) is 39.6 Å². The second-order valence-electron chi connectivity index (χ2n) is 12.7. The molecule has 0 aliphatic rings. The van der Waals surface area contributed by atoms with Gasteiger partial charge in [-0.2, -0.15) is 0 Å². The van der Waals surface area contributed by atoms with Crippen molar-refractivity contribution in [3.8, 4) is 62.1 Å². The topological polar surface area (TPSA) is 43.6 Å². The lowest BCUT2D eigenvalue weighted by Gasteiger charge is -2.12. The van der Waals surface area contributed by atoms with Crippen molar-refractivity contribution in [1.29, 1.82) is 0 Å². The Balaban J connectivity index is 1.16. The molecule has 8 aromatic carbocycles. The van der Waals surface area contributed by atoms with E-state index < -0.39 is 30.2 Å². The molecule has 0 saturated heterocycles. The van der Waals surface area contributed by atoms with Crippen molar-refractivity contribution >= 4 is 32.6 Å². The summed E-state index contributed by atoms with van der Waals surface area (Å²) in [4.78, 5) is 14.9. The van der Waals surface area contributed by atoms with Gasteiger partial charge in [0.05, 0.1) is 23.4 Å². The average molecular weight is 686 g/mol. The molecule has 0 atom stereocenters. The maximum absolute atomic E-state index is 9.10. The first kappa shape index (κ1) is 22.6. The lowest BCUT2D eigenvalue weighted by molar-refractivity contribution is 1.07. The summed E-state index contributed by atoms with van der Waals surface area (Å²) in [5.41, 5.74) is 6.25. The molecule has 0 amide bonds. The van der Waals surface area contributed by atoms with Crippen molar-refractivity contribution in [3.63, 3.8) is 0 Å². The Labute approximate surface area is 320 Å². The zero-order valence-corrected chi connectivity index (χ0v) is 28.1. The number of benzene rings is 8. The van der Waals surface area contributed by atoms with E-state index in [1.54, 1.807) is 22.8 Å². The molecule has 10 rings (SSSR count). The van der Waals surface area contributed by atoms with E-state index >= 15 is 0 Å². The molecule has 0 aliphatic carbocycles. The van der Waals surface area contributed by atoms with Gasteiger partial charge in [0, 0.05) is 33.2 Å². The van der Waals surface area contributed by atoms with Crippen molar-refractivity contribution in [2.75, 3.05) is 0 Å². The molecule has 10 aromatic rings. The molecule has 0 aliphatic heterocycles. The van der Waals surface area contributed by atoms with Gasteiger partial charge in [-0.15, -0.1) is 0 Å². The first-order valence-electron chi connectivity index (χ1n) is 21.6. The van der Waals surface area contributed by atoms with Gasteiger partial charge in [-0.3, -0.25) is 0 Å². The Morgan fingerprint density at radius 2 is 0.962 bits per heavy atom. The number of para-hydroxylation sites is 1. The van der Waals surface area contributed by atoms with Crippen LogP contribution >= 0.6 is 0 Å². The highest BCUT2D eigenvalue weighted by Crippen LogP contribution is 2.36. The lowest BCUT2D eigenvalue weighted by Crippen LogP contribution is -2.00. The quantitative estimate of drug-likeness (QED) is 0.175. The molecule has 0 unspecified atom stereocenters. The molecule has 53 heavy (non-hydrogen) atoms. The SMILES string of the molecule is [2H]c1c([2H])c([2H])c(-c2ccc3c(c2)c2c([2H])c([2H])c([2H])c([2H])c2n3-c2ccc3ccc(-c4nc(-c5ccccc5)nc(-c5cccc(-c6ccccc6)c5)n4)cc3c2)c([2H])c1[2H]. The standard InChI is InChI=1S/C49H32N4/c1-4-13-33(14-5-1)37-19-12-20-39(29-37)48-50-47(36-17-8-3-9-18-36)51-49(52-48)40-24-23-35-25-27-42(31-41(35)30-40)53-45-22-11-10-21-43(45)44-32-38(26-28-46(44)53)34-15-6-2-7-16-34/h1-32H/i2D,6D,7D,10D,11D,15D,16D,21D,22D. The third kappa shape index (κ3) is 5.63. The van der Waals surface area contributed by atoms with Crippen LogP contribution in [0.1, 0.15) is 12.3 Å². The fraction of sp³-hybridized carbons (Fsp3) is 0. The lowest BCUT2D eigenvalue weighted by atomic mass is 10.0. The summed E-state index contributed by atoms with van der Waals surface area (Å²) in [7, 11) is 0. The van der Waals surface area contributed by atoms with Crippen molar-refractivity contribution in [2.45, 2.75) is 0 Å². The molecule has 0 radical (unpaired) electrons. The summed E-state index contributed by atoms with van der Waals surface area (Å²) in [6, 6.07) is 41.3. The summed E-state index contributed by atoms with van der Waals surface area (Å²) in [6.45, 7) is 0. The smallest absolute Gasteiger partial charge is 0.164 e. The third-order valence-corrected chi connectivity index (χ3v) is 9.42. The highest BCUT2D eigenvalue weighted by molar-refractivity contribution is 6.10. The number of hydrogen-bond acceptors (Lipinski definition) is 3. The number of fused-ring (bicyclic) bond motifs is 4. The van der Waals surface area contributed by atoms with Gasteiger partial charge in [-0.1, -0.05) is 151 Å². The van der Waals surface area contributed by atoms with Crippen molar-refractivity contribution < 1.29 is 12.3 Å². The summed E-state index contributed by atoms with van der Waals surface area (Å²) < 4.78 is 79.0. The summed E-state index contributed by atoms with van der Waals surface area (Å²) in [6.07, 6.45) is 0. The molecule has 2 aromatic heterocycles. The molecule has 2 heterocycles. The zero-order valence-electron chi connectivity index (χ0n) is 37.1. The van der Waals surface area contributed by atoms with E-state index in [1.807, 2.05) is 97.1 Å². The molecular weight excluding hydrogens is 645 g/mol. The zero-order chi connectivity index (χ0) is 43.0. The summed E-state index contributed by atoms with van der Waals surface area (Å²) in [5.74, 6) is 1.51. The maximum Gasteiger partial charge on any atom is 0.164 e. The van der Waals surface area contributed by atoms with Gasteiger partial charge in [0.25, 0.3) is 0 Å². The molecule has 0 fully saturated rings. The molecule has 0 N–H and O–H groups in total. The van der Waals surface area contributed by atoms with Crippen molar-refractivity contribution in [2.24, 2.45) is 0 Å². The molecule has 0 spiro atoms. The van der Waals surface area contributed by atoms with E-state index in [2.05, 4.69) is 24.3 Å².